The molecule has 1 aliphatic rings. The highest BCUT2D eigenvalue weighted by Crippen LogP contribution is 2.28. The van der Waals surface area contributed by atoms with Crippen molar-refractivity contribution in [3.8, 4) is 5.88 Å². The van der Waals surface area contributed by atoms with Gasteiger partial charge in [-0.15, -0.1) is 0 Å². The minimum Gasteiger partial charge on any atom is -0.488 e. The van der Waals surface area contributed by atoms with Crippen LogP contribution in [0.2, 0.25) is 0 Å². The Hall–Kier alpha value is -2.03. The van der Waals surface area contributed by atoms with Gasteiger partial charge in [-0.2, -0.15) is 14.6 Å². The van der Waals surface area contributed by atoms with E-state index in [1.54, 1.807) is 0 Å². The van der Waals surface area contributed by atoms with Crippen LogP contribution in [-0.2, 0) is 6.42 Å². The molecule has 9 heteroatoms. The fourth-order valence-electron chi connectivity index (χ4n) is 3.11. The van der Waals surface area contributed by atoms with Gasteiger partial charge in [-0.05, 0) is 12.3 Å². The van der Waals surface area contributed by atoms with E-state index in [-0.39, 0.29) is 4.96 Å². The zero-order valence-corrected chi connectivity index (χ0v) is 13.4. The van der Waals surface area contributed by atoms with Crippen LogP contribution in [0.25, 0.3) is 4.96 Å². The number of hydrogen-bond acceptors (Lipinski definition) is 7. The van der Waals surface area contributed by atoms with Gasteiger partial charge in [-0.25, -0.2) is 0 Å². The number of rotatable bonds is 4. The van der Waals surface area contributed by atoms with Crippen molar-refractivity contribution in [1.29, 1.82) is 0 Å². The van der Waals surface area contributed by atoms with Crippen LogP contribution in [0.4, 0.5) is 5.69 Å². The number of fused-ring (bicyclic) bond motifs is 1. The lowest BCUT2D eigenvalue weighted by molar-refractivity contribution is -0.387. The van der Waals surface area contributed by atoms with Crippen LogP contribution < -0.4 is 5.56 Å². The van der Waals surface area contributed by atoms with E-state index in [0.717, 1.165) is 22.4 Å². The summed E-state index contributed by atoms with van der Waals surface area (Å²) in [5.74, 6) is -0.170. The molecule has 1 fully saturated rings. The van der Waals surface area contributed by atoms with Crippen molar-refractivity contribution in [2.24, 2.45) is 5.92 Å². The van der Waals surface area contributed by atoms with Gasteiger partial charge >= 0.3 is 17.1 Å². The third-order valence-electron chi connectivity index (χ3n) is 4.33. The van der Waals surface area contributed by atoms with Gasteiger partial charge in [0.2, 0.25) is 4.96 Å². The summed E-state index contributed by atoms with van der Waals surface area (Å²) in [6.07, 6.45) is 9.34. The Kier molecular flexibility index (Phi) is 4.56. The Morgan fingerprint density at radius 1 is 1.30 bits per heavy atom. The first-order valence-electron chi connectivity index (χ1n) is 7.82. The average Bonchev–Trinajstić information content (AvgIpc) is 2.73. The maximum Gasteiger partial charge on any atom is 0.397 e. The Morgan fingerprint density at radius 2 is 2.00 bits per heavy atom. The second kappa shape index (κ2) is 6.61. The quantitative estimate of drug-likeness (QED) is 0.521. The Morgan fingerprint density at radius 3 is 2.65 bits per heavy atom. The van der Waals surface area contributed by atoms with Crippen molar-refractivity contribution in [2.75, 3.05) is 0 Å². The fourth-order valence-corrected chi connectivity index (χ4v) is 4.00. The second-order valence-corrected chi connectivity index (χ2v) is 6.97. The van der Waals surface area contributed by atoms with Gasteiger partial charge in [0.1, 0.15) is 5.01 Å². The normalized spacial score (nSPS) is 16.5. The van der Waals surface area contributed by atoms with Crippen LogP contribution in [0.1, 0.15) is 50.0 Å². The summed E-state index contributed by atoms with van der Waals surface area (Å²) in [5.41, 5.74) is -1.86. The molecule has 0 bridgehead atoms. The van der Waals surface area contributed by atoms with Crippen LogP contribution in [-0.4, -0.2) is 24.6 Å². The Bertz CT molecular complexity index is 777. The minimum absolute atomic E-state index is 0.189. The largest absolute Gasteiger partial charge is 0.488 e. The summed E-state index contributed by atoms with van der Waals surface area (Å²) in [4.78, 5) is 25.8. The lowest BCUT2D eigenvalue weighted by Crippen LogP contribution is -2.18. The zero-order valence-electron chi connectivity index (χ0n) is 12.6. The molecule has 3 rings (SSSR count). The molecule has 1 aliphatic carbocycles. The van der Waals surface area contributed by atoms with Gasteiger partial charge in [0.25, 0.3) is 0 Å². The number of aromatic nitrogens is 3. The highest BCUT2D eigenvalue weighted by Gasteiger charge is 2.25. The lowest BCUT2D eigenvalue weighted by Gasteiger charge is -2.11. The summed E-state index contributed by atoms with van der Waals surface area (Å²) >= 11 is 1.20. The Balaban J connectivity index is 1.81. The number of nitrogens with zero attached hydrogens (tertiary/aromatic N) is 4. The number of aromatic hydroxyl groups is 1. The molecule has 0 spiro atoms. The standard InChI is InChI=1S/C14H18N4O4S/c19-12-11(18(21)22)13(20)17-14(15-12)23-10(16-17)8-7-9-5-3-1-2-4-6-9/h9,19H,1-8H2. The van der Waals surface area contributed by atoms with Crippen molar-refractivity contribution in [3.05, 3.63) is 25.5 Å². The molecule has 1 saturated carbocycles. The van der Waals surface area contributed by atoms with E-state index in [2.05, 4.69) is 10.1 Å². The topological polar surface area (TPSA) is 111 Å². The maximum absolute atomic E-state index is 12.0. The summed E-state index contributed by atoms with van der Waals surface area (Å²) in [6.45, 7) is 0. The van der Waals surface area contributed by atoms with Gasteiger partial charge < -0.3 is 5.11 Å². The molecule has 0 atom stereocenters. The second-order valence-electron chi connectivity index (χ2n) is 5.93. The van der Waals surface area contributed by atoms with Crippen molar-refractivity contribution < 1.29 is 10.0 Å². The third kappa shape index (κ3) is 3.34. The van der Waals surface area contributed by atoms with Crippen molar-refractivity contribution in [1.82, 2.24) is 14.6 Å². The van der Waals surface area contributed by atoms with E-state index in [1.165, 1.54) is 49.9 Å². The van der Waals surface area contributed by atoms with Crippen molar-refractivity contribution in [3.63, 3.8) is 0 Å². The molecule has 124 valence electrons. The van der Waals surface area contributed by atoms with Crippen molar-refractivity contribution in [2.45, 2.75) is 51.4 Å². The van der Waals surface area contributed by atoms with E-state index in [9.17, 15) is 20.0 Å². The SMILES string of the molecule is O=c1c([N+](=O)[O-])c(O)nc2sc(CCC3CCCCCC3)nn12. The third-order valence-corrected chi connectivity index (χ3v) is 5.30. The molecular weight excluding hydrogens is 320 g/mol. The smallest absolute Gasteiger partial charge is 0.397 e. The van der Waals surface area contributed by atoms with Crippen LogP contribution in [0.5, 0.6) is 5.88 Å². The fraction of sp³-hybridized carbons (Fsp3) is 0.643. The molecule has 23 heavy (non-hydrogen) atoms. The summed E-state index contributed by atoms with van der Waals surface area (Å²) in [5, 5.41) is 25.2. The molecule has 2 aromatic heterocycles. The predicted octanol–water partition coefficient (Wildman–Crippen LogP) is 2.67. The van der Waals surface area contributed by atoms with E-state index >= 15 is 0 Å². The first-order chi connectivity index (χ1) is 11.1. The van der Waals surface area contributed by atoms with Gasteiger partial charge in [0, 0.05) is 6.42 Å². The molecule has 0 amide bonds. The monoisotopic (exact) mass is 338 g/mol. The zero-order chi connectivity index (χ0) is 16.4. The van der Waals surface area contributed by atoms with E-state index in [1.807, 2.05) is 0 Å². The molecule has 1 N–H and O–H groups in total. The average molecular weight is 338 g/mol. The molecule has 2 aromatic rings. The first-order valence-corrected chi connectivity index (χ1v) is 8.64. The first kappa shape index (κ1) is 15.9. The van der Waals surface area contributed by atoms with Crippen LogP contribution in [0.3, 0.4) is 0 Å². The van der Waals surface area contributed by atoms with Gasteiger partial charge in [0.15, 0.2) is 0 Å². The maximum atomic E-state index is 12.0. The van der Waals surface area contributed by atoms with E-state index in [4.69, 9.17) is 0 Å². The Labute approximate surface area is 135 Å². The molecule has 0 radical (unpaired) electrons. The van der Waals surface area contributed by atoms with E-state index < -0.39 is 22.0 Å². The molecule has 0 aliphatic heterocycles. The predicted molar refractivity (Wildman–Crippen MR) is 85.0 cm³/mol. The number of nitro groups is 1. The lowest BCUT2D eigenvalue weighted by atomic mass is 9.95. The van der Waals surface area contributed by atoms with Crippen molar-refractivity contribution >= 4 is 22.0 Å². The molecule has 0 aromatic carbocycles. The molecule has 0 unspecified atom stereocenters. The molecule has 0 saturated heterocycles. The molecule has 2 heterocycles. The minimum atomic E-state index is -0.936. The summed E-state index contributed by atoms with van der Waals surface area (Å²) in [6, 6.07) is 0. The molecule has 8 nitrogen and oxygen atoms in total. The van der Waals surface area contributed by atoms with Gasteiger partial charge in [0.05, 0.1) is 4.92 Å². The van der Waals surface area contributed by atoms with Gasteiger partial charge in [-0.3, -0.25) is 14.9 Å². The van der Waals surface area contributed by atoms with E-state index in [0.29, 0.717) is 5.92 Å². The summed E-state index contributed by atoms with van der Waals surface area (Å²) in [7, 11) is 0. The van der Waals surface area contributed by atoms with Crippen LogP contribution >= 0.6 is 11.3 Å². The molecular formula is C14H18N4O4S. The highest BCUT2D eigenvalue weighted by atomic mass is 32.1. The van der Waals surface area contributed by atoms with Crippen LogP contribution in [0.15, 0.2) is 4.79 Å². The summed E-state index contributed by atoms with van der Waals surface area (Å²) < 4.78 is 0.922. The number of hydrogen-bond donors (Lipinski definition) is 1. The number of aryl methyl sites for hydroxylation is 1. The van der Waals surface area contributed by atoms with Crippen LogP contribution in [0, 0.1) is 16.0 Å². The highest BCUT2D eigenvalue weighted by molar-refractivity contribution is 7.16. The van der Waals surface area contributed by atoms with Gasteiger partial charge in [-0.1, -0.05) is 49.9 Å².